The summed E-state index contributed by atoms with van der Waals surface area (Å²) < 4.78 is 5.72. The molecule has 1 amide bonds. The fraction of sp³-hybridized carbons (Fsp3) is 0.462. The van der Waals surface area contributed by atoms with Crippen molar-refractivity contribution >= 4 is 29.1 Å². The Morgan fingerprint density at radius 1 is 1.47 bits per heavy atom. The standard InChI is InChI=1S/C13H16Cl2N2O2/c1-8(13(16)18)17-4-5-19-12(7-17)9-2-3-10(14)11(15)6-9/h2-3,6,8,12H,4-5,7H2,1H3,(H2,16,18)/t8-,12+/m0/s1. The fourth-order valence-electron chi connectivity index (χ4n) is 2.12. The topological polar surface area (TPSA) is 55.6 Å². The zero-order valence-corrected chi connectivity index (χ0v) is 12.1. The maximum absolute atomic E-state index is 11.2. The van der Waals surface area contributed by atoms with Crippen LogP contribution in [-0.4, -0.2) is 36.5 Å². The maximum atomic E-state index is 11.2. The molecule has 104 valence electrons. The summed E-state index contributed by atoms with van der Waals surface area (Å²) >= 11 is 11.9. The van der Waals surface area contributed by atoms with E-state index in [1.807, 2.05) is 11.0 Å². The highest BCUT2D eigenvalue weighted by molar-refractivity contribution is 6.42. The van der Waals surface area contributed by atoms with E-state index in [-0.39, 0.29) is 18.1 Å². The van der Waals surface area contributed by atoms with Crippen LogP contribution in [0.15, 0.2) is 18.2 Å². The quantitative estimate of drug-likeness (QED) is 0.931. The zero-order valence-electron chi connectivity index (χ0n) is 10.6. The van der Waals surface area contributed by atoms with Crippen LogP contribution in [-0.2, 0) is 9.53 Å². The molecule has 0 aliphatic carbocycles. The second kappa shape index (κ2) is 6.09. The number of ether oxygens (including phenoxy) is 1. The molecule has 1 aliphatic rings. The van der Waals surface area contributed by atoms with E-state index in [2.05, 4.69) is 0 Å². The lowest BCUT2D eigenvalue weighted by molar-refractivity contribution is -0.126. The van der Waals surface area contributed by atoms with Crippen LogP contribution in [0.5, 0.6) is 0 Å². The summed E-state index contributed by atoms with van der Waals surface area (Å²) in [7, 11) is 0. The molecule has 0 spiro atoms. The van der Waals surface area contributed by atoms with Gasteiger partial charge in [-0.15, -0.1) is 0 Å². The number of hydrogen-bond donors (Lipinski definition) is 1. The number of rotatable bonds is 3. The number of halogens is 2. The second-order valence-corrected chi connectivity index (χ2v) is 5.42. The molecule has 0 aromatic heterocycles. The van der Waals surface area contributed by atoms with Gasteiger partial charge in [0.25, 0.3) is 0 Å². The predicted molar refractivity (Wildman–Crippen MR) is 75.4 cm³/mol. The molecule has 2 N–H and O–H groups in total. The Morgan fingerprint density at radius 2 is 2.21 bits per heavy atom. The van der Waals surface area contributed by atoms with Crippen LogP contribution in [0, 0.1) is 0 Å². The summed E-state index contributed by atoms with van der Waals surface area (Å²) in [5.74, 6) is -0.324. The first-order chi connectivity index (χ1) is 8.99. The van der Waals surface area contributed by atoms with Gasteiger partial charge in [0.15, 0.2) is 0 Å². The van der Waals surface area contributed by atoms with Gasteiger partial charge in [-0.2, -0.15) is 0 Å². The van der Waals surface area contributed by atoms with Crippen LogP contribution in [0.2, 0.25) is 10.0 Å². The molecular formula is C13H16Cl2N2O2. The largest absolute Gasteiger partial charge is 0.371 e. The predicted octanol–water partition coefficient (Wildman–Crippen LogP) is 2.24. The molecule has 2 rings (SSSR count). The Bertz CT molecular complexity index is 482. The molecule has 19 heavy (non-hydrogen) atoms. The number of amides is 1. The van der Waals surface area contributed by atoms with Gasteiger partial charge in [0.2, 0.25) is 5.91 Å². The molecule has 4 nitrogen and oxygen atoms in total. The molecule has 2 atom stereocenters. The molecule has 6 heteroatoms. The van der Waals surface area contributed by atoms with Crippen LogP contribution < -0.4 is 5.73 Å². The molecule has 0 bridgehead atoms. The smallest absolute Gasteiger partial charge is 0.234 e. The van der Waals surface area contributed by atoms with Gasteiger partial charge < -0.3 is 10.5 Å². The molecule has 1 aromatic carbocycles. The normalized spacial score (nSPS) is 22.2. The molecule has 1 aliphatic heterocycles. The second-order valence-electron chi connectivity index (χ2n) is 4.61. The van der Waals surface area contributed by atoms with Gasteiger partial charge in [-0.1, -0.05) is 29.3 Å². The first-order valence-electron chi connectivity index (χ1n) is 6.09. The van der Waals surface area contributed by atoms with E-state index in [0.29, 0.717) is 29.7 Å². The summed E-state index contributed by atoms with van der Waals surface area (Å²) in [6, 6.07) is 5.14. The summed E-state index contributed by atoms with van der Waals surface area (Å²) in [4.78, 5) is 13.3. The van der Waals surface area contributed by atoms with Gasteiger partial charge >= 0.3 is 0 Å². The summed E-state index contributed by atoms with van der Waals surface area (Å²) in [6.07, 6.45) is -0.120. The highest BCUT2D eigenvalue weighted by atomic mass is 35.5. The Kier molecular flexibility index (Phi) is 4.68. The number of morpholine rings is 1. The number of carbonyl (C=O) groups is 1. The van der Waals surface area contributed by atoms with Crippen molar-refractivity contribution in [3.05, 3.63) is 33.8 Å². The third-order valence-electron chi connectivity index (χ3n) is 3.37. The van der Waals surface area contributed by atoms with Gasteiger partial charge in [0.1, 0.15) is 0 Å². The molecule has 0 saturated carbocycles. The van der Waals surface area contributed by atoms with Crippen LogP contribution >= 0.6 is 23.2 Å². The summed E-state index contributed by atoms with van der Waals surface area (Å²) in [5.41, 5.74) is 6.29. The van der Waals surface area contributed by atoms with E-state index in [4.69, 9.17) is 33.7 Å². The van der Waals surface area contributed by atoms with Gasteiger partial charge in [-0.3, -0.25) is 9.69 Å². The first-order valence-corrected chi connectivity index (χ1v) is 6.84. The Morgan fingerprint density at radius 3 is 2.84 bits per heavy atom. The lowest BCUT2D eigenvalue weighted by atomic mass is 10.1. The summed E-state index contributed by atoms with van der Waals surface area (Å²) in [5, 5.41) is 1.02. The Balaban J connectivity index is 2.12. The molecule has 1 aromatic rings. The van der Waals surface area contributed by atoms with Crippen molar-refractivity contribution in [3.8, 4) is 0 Å². The van der Waals surface area contributed by atoms with E-state index in [1.165, 1.54) is 0 Å². The number of benzene rings is 1. The SMILES string of the molecule is C[C@@H](C(N)=O)N1CCO[C@@H](c2ccc(Cl)c(Cl)c2)C1. The monoisotopic (exact) mass is 302 g/mol. The minimum Gasteiger partial charge on any atom is -0.371 e. The van der Waals surface area contributed by atoms with Gasteiger partial charge in [-0.25, -0.2) is 0 Å². The van der Waals surface area contributed by atoms with E-state index in [0.717, 1.165) is 5.56 Å². The first kappa shape index (κ1) is 14.6. The van der Waals surface area contributed by atoms with Crippen LogP contribution in [0.3, 0.4) is 0 Å². The van der Waals surface area contributed by atoms with E-state index in [1.54, 1.807) is 19.1 Å². The van der Waals surface area contributed by atoms with Crippen LogP contribution in [0.1, 0.15) is 18.6 Å². The molecule has 1 fully saturated rings. The molecule has 0 radical (unpaired) electrons. The number of carbonyl (C=O) groups excluding carboxylic acids is 1. The van der Waals surface area contributed by atoms with Crippen molar-refractivity contribution in [2.24, 2.45) is 5.73 Å². The Labute approximate surface area is 122 Å². The minimum absolute atomic E-state index is 0.120. The van der Waals surface area contributed by atoms with Crippen molar-refractivity contribution < 1.29 is 9.53 Å². The van der Waals surface area contributed by atoms with E-state index in [9.17, 15) is 4.79 Å². The van der Waals surface area contributed by atoms with Crippen LogP contribution in [0.4, 0.5) is 0 Å². The van der Waals surface area contributed by atoms with Crippen molar-refractivity contribution in [1.29, 1.82) is 0 Å². The lowest BCUT2D eigenvalue weighted by Crippen LogP contribution is -2.48. The number of nitrogens with zero attached hydrogens (tertiary/aromatic N) is 1. The van der Waals surface area contributed by atoms with Crippen molar-refractivity contribution in [3.63, 3.8) is 0 Å². The fourth-order valence-corrected chi connectivity index (χ4v) is 2.42. The highest BCUT2D eigenvalue weighted by Crippen LogP contribution is 2.29. The van der Waals surface area contributed by atoms with Gasteiger partial charge in [-0.05, 0) is 24.6 Å². The molecule has 0 unspecified atom stereocenters. The van der Waals surface area contributed by atoms with Gasteiger partial charge in [0, 0.05) is 13.1 Å². The van der Waals surface area contributed by atoms with E-state index < -0.39 is 0 Å². The summed E-state index contributed by atoms with van der Waals surface area (Å²) in [6.45, 7) is 3.67. The molecule has 1 heterocycles. The Hall–Kier alpha value is -0.810. The lowest BCUT2D eigenvalue weighted by Gasteiger charge is -2.35. The minimum atomic E-state index is -0.324. The third kappa shape index (κ3) is 3.39. The molecule has 1 saturated heterocycles. The number of primary amides is 1. The van der Waals surface area contributed by atoms with Gasteiger partial charge in [0.05, 0.1) is 28.8 Å². The average Bonchev–Trinajstić information content (AvgIpc) is 2.41. The third-order valence-corrected chi connectivity index (χ3v) is 4.11. The highest BCUT2D eigenvalue weighted by Gasteiger charge is 2.27. The number of hydrogen-bond acceptors (Lipinski definition) is 3. The van der Waals surface area contributed by atoms with E-state index >= 15 is 0 Å². The zero-order chi connectivity index (χ0) is 14.0. The van der Waals surface area contributed by atoms with Crippen molar-refractivity contribution in [1.82, 2.24) is 4.90 Å². The van der Waals surface area contributed by atoms with Crippen molar-refractivity contribution in [2.45, 2.75) is 19.1 Å². The molecular weight excluding hydrogens is 287 g/mol. The average molecular weight is 303 g/mol. The number of nitrogens with two attached hydrogens (primary N) is 1. The van der Waals surface area contributed by atoms with Crippen molar-refractivity contribution in [2.75, 3.05) is 19.7 Å². The van der Waals surface area contributed by atoms with Crippen LogP contribution in [0.25, 0.3) is 0 Å². The maximum Gasteiger partial charge on any atom is 0.234 e.